The Morgan fingerprint density at radius 3 is 3.00 bits per heavy atom. The van der Waals surface area contributed by atoms with Crippen molar-refractivity contribution in [1.29, 1.82) is 0 Å². The van der Waals surface area contributed by atoms with E-state index in [4.69, 9.17) is 0 Å². The second-order valence-corrected chi connectivity index (χ2v) is 7.92. The standard InChI is InChI=1S/C13H25N5O2S/c1-3-5-14-9-12-10-18(16-15-12)7-6-17(2)13-4-8-21(19,20)11-13/h10,13-14H,3-9,11H2,1-2H3. The molecule has 7 nitrogen and oxygen atoms in total. The Morgan fingerprint density at radius 1 is 1.52 bits per heavy atom. The molecule has 1 aromatic rings. The van der Waals surface area contributed by atoms with Gasteiger partial charge in [0.15, 0.2) is 9.84 Å². The molecular formula is C13H25N5O2S. The predicted molar refractivity (Wildman–Crippen MR) is 81.7 cm³/mol. The summed E-state index contributed by atoms with van der Waals surface area (Å²) in [6.45, 7) is 5.36. The Balaban J connectivity index is 1.75. The number of hydrogen-bond donors (Lipinski definition) is 1. The maximum Gasteiger partial charge on any atom is 0.151 e. The van der Waals surface area contributed by atoms with E-state index in [2.05, 4.69) is 27.5 Å². The molecule has 1 aromatic heterocycles. The monoisotopic (exact) mass is 315 g/mol. The molecule has 2 rings (SSSR count). The van der Waals surface area contributed by atoms with Crippen LogP contribution in [0.25, 0.3) is 0 Å². The normalized spacial score (nSPS) is 21.2. The van der Waals surface area contributed by atoms with Crippen LogP contribution >= 0.6 is 0 Å². The van der Waals surface area contributed by atoms with E-state index >= 15 is 0 Å². The molecule has 2 heterocycles. The average Bonchev–Trinajstić information content (AvgIpc) is 3.03. The third-order valence-electron chi connectivity index (χ3n) is 3.83. The van der Waals surface area contributed by atoms with Crippen molar-refractivity contribution < 1.29 is 8.42 Å². The average molecular weight is 315 g/mol. The van der Waals surface area contributed by atoms with Gasteiger partial charge >= 0.3 is 0 Å². The molecule has 1 fully saturated rings. The summed E-state index contributed by atoms with van der Waals surface area (Å²) in [7, 11) is -0.839. The Kier molecular flexibility index (Phi) is 5.72. The SMILES string of the molecule is CCCNCc1cn(CCN(C)C2CCS(=O)(=O)C2)nn1. The van der Waals surface area contributed by atoms with Gasteiger partial charge in [0.25, 0.3) is 0 Å². The molecule has 1 unspecified atom stereocenters. The highest BCUT2D eigenvalue weighted by Gasteiger charge is 2.30. The summed E-state index contributed by atoms with van der Waals surface area (Å²) in [5, 5.41) is 11.5. The van der Waals surface area contributed by atoms with E-state index in [1.807, 2.05) is 17.9 Å². The second-order valence-electron chi connectivity index (χ2n) is 5.69. The summed E-state index contributed by atoms with van der Waals surface area (Å²) < 4.78 is 24.8. The maximum atomic E-state index is 11.5. The third-order valence-corrected chi connectivity index (χ3v) is 5.58. The molecule has 0 bridgehead atoms. The minimum Gasteiger partial charge on any atom is -0.311 e. The quantitative estimate of drug-likeness (QED) is 0.675. The van der Waals surface area contributed by atoms with Crippen LogP contribution in [0, 0.1) is 0 Å². The Hall–Kier alpha value is -0.990. The van der Waals surface area contributed by atoms with Crippen LogP contribution < -0.4 is 5.32 Å². The molecule has 1 aliphatic rings. The maximum absolute atomic E-state index is 11.5. The van der Waals surface area contributed by atoms with E-state index in [9.17, 15) is 8.42 Å². The van der Waals surface area contributed by atoms with Gasteiger partial charge in [0, 0.05) is 25.3 Å². The van der Waals surface area contributed by atoms with Crippen molar-refractivity contribution in [1.82, 2.24) is 25.2 Å². The summed E-state index contributed by atoms with van der Waals surface area (Å²) in [4.78, 5) is 2.11. The molecule has 0 radical (unpaired) electrons. The van der Waals surface area contributed by atoms with E-state index in [1.165, 1.54) is 0 Å². The van der Waals surface area contributed by atoms with E-state index in [-0.39, 0.29) is 11.8 Å². The van der Waals surface area contributed by atoms with Gasteiger partial charge in [-0.05, 0) is 26.4 Å². The molecular weight excluding hydrogens is 290 g/mol. The molecule has 120 valence electrons. The van der Waals surface area contributed by atoms with Gasteiger partial charge in [-0.15, -0.1) is 5.10 Å². The van der Waals surface area contributed by atoms with Crippen LogP contribution in [0.5, 0.6) is 0 Å². The first-order valence-corrected chi connectivity index (χ1v) is 9.32. The van der Waals surface area contributed by atoms with Crippen molar-refractivity contribution in [3.05, 3.63) is 11.9 Å². The Bertz CT molecular complexity index is 543. The Labute approximate surface area is 126 Å². The summed E-state index contributed by atoms with van der Waals surface area (Å²) in [6, 6.07) is 0.143. The summed E-state index contributed by atoms with van der Waals surface area (Å²) in [5.74, 6) is 0.603. The lowest BCUT2D eigenvalue weighted by atomic mass is 10.2. The molecule has 0 aromatic carbocycles. The zero-order valence-corrected chi connectivity index (χ0v) is 13.6. The van der Waals surface area contributed by atoms with Crippen molar-refractivity contribution in [3.63, 3.8) is 0 Å². The predicted octanol–water partition coefficient (Wildman–Crippen LogP) is -0.103. The fraction of sp³-hybridized carbons (Fsp3) is 0.846. The molecule has 1 saturated heterocycles. The van der Waals surface area contributed by atoms with Gasteiger partial charge in [-0.3, -0.25) is 4.68 Å². The van der Waals surface area contributed by atoms with E-state index < -0.39 is 9.84 Å². The molecule has 1 N–H and O–H groups in total. The molecule has 1 aliphatic heterocycles. The van der Waals surface area contributed by atoms with Gasteiger partial charge in [-0.2, -0.15) is 0 Å². The highest BCUT2D eigenvalue weighted by molar-refractivity contribution is 7.91. The number of hydrogen-bond acceptors (Lipinski definition) is 6. The first-order valence-electron chi connectivity index (χ1n) is 7.50. The molecule has 0 amide bonds. The highest BCUT2D eigenvalue weighted by atomic mass is 32.2. The van der Waals surface area contributed by atoms with Crippen LogP contribution in [0.1, 0.15) is 25.5 Å². The van der Waals surface area contributed by atoms with Crippen LogP contribution in [0.2, 0.25) is 0 Å². The van der Waals surface area contributed by atoms with Gasteiger partial charge in [-0.25, -0.2) is 8.42 Å². The van der Waals surface area contributed by atoms with Crippen LogP contribution in [-0.2, 0) is 22.9 Å². The van der Waals surface area contributed by atoms with Crippen molar-refractivity contribution >= 4 is 9.84 Å². The number of likely N-dealkylation sites (N-methyl/N-ethyl adjacent to an activating group) is 1. The van der Waals surface area contributed by atoms with E-state index in [0.29, 0.717) is 5.75 Å². The second kappa shape index (κ2) is 7.33. The fourth-order valence-electron chi connectivity index (χ4n) is 2.49. The molecule has 0 aliphatic carbocycles. The van der Waals surface area contributed by atoms with Crippen molar-refractivity contribution in [2.45, 2.75) is 38.9 Å². The van der Waals surface area contributed by atoms with Crippen molar-refractivity contribution in [3.8, 4) is 0 Å². The number of rotatable bonds is 8. The van der Waals surface area contributed by atoms with Gasteiger partial charge in [0.1, 0.15) is 0 Å². The fourth-order valence-corrected chi connectivity index (χ4v) is 4.29. The number of nitrogens with one attached hydrogen (secondary N) is 1. The zero-order chi connectivity index (χ0) is 15.3. The third kappa shape index (κ3) is 5.05. The van der Waals surface area contributed by atoms with Crippen molar-refractivity contribution in [2.24, 2.45) is 0 Å². The number of aromatic nitrogens is 3. The van der Waals surface area contributed by atoms with Gasteiger partial charge in [0.05, 0.1) is 23.7 Å². The Morgan fingerprint density at radius 2 is 2.33 bits per heavy atom. The van der Waals surface area contributed by atoms with E-state index in [0.717, 1.165) is 44.7 Å². The van der Waals surface area contributed by atoms with Crippen LogP contribution in [-0.4, -0.2) is 66.0 Å². The van der Waals surface area contributed by atoms with Gasteiger partial charge < -0.3 is 10.2 Å². The molecule has 8 heteroatoms. The molecule has 1 atom stereocenters. The summed E-state index contributed by atoms with van der Waals surface area (Å²) in [6.07, 6.45) is 3.79. The first kappa shape index (κ1) is 16.4. The summed E-state index contributed by atoms with van der Waals surface area (Å²) >= 11 is 0. The van der Waals surface area contributed by atoms with Gasteiger partial charge in [0.2, 0.25) is 0 Å². The number of sulfone groups is 1. The number of nitrogens with zero attached hydrogens (tertiary/aromatic N) is 4. The first-order chi connectivity index (χ1) is 10.00. The van der Waals surface area contributed by atoms with Crippen molar-refractivity contribution in [2.75, 3.05) is 31.6 Å². The minimum atomic E-state index is -2.82. The largest absolute Gasteiger partial charge is 0.311 e. The lowest BCUT2D eigenvalue weighted by Gasteiger charge is -2.22. The minimum absolute atomic E-state index is 0.143. The molecule has 0 saturated carbocycles. The van der Waals surface area contributed by atoms with Crippen LogP contribution in [0.4, 0.5) is 0 Å². The molecule has 21 heavy (non-hydrogen) atoms. The molecule has 0 spiro atoms. The summed E-state index contributed by atoms with van der Waals surface area (Å²) in [5.41, 5.74) is 0.939. The lowest BCUT2D eigenvalue weighted by molar-refractivity contribution is 0.247. The zero-order valence-electron chi connectivity index (χ0n) is 12.8. The lowest BCUT2D eigenvalue weighted by Crippen LogP contribution is -2.35. The highest BCUT2D eigenvalue weighted by Crippen LogP contribution is 2.16. The smallest absolute Gasteiger partial charge is 0.151 e. The van der Waals surface area contributed by atoms with Crippen LogP contribution in [0.15, 0.2) is 6.20 Å². The van der Waals surface area contributed by atoms with Gasteiger partial charge in [-0.1, -0.05) is 12.1 Å². The van der Waals surface area contributed by atoms with Crippen LogP contribution in [0.3, 0.4) is 0 Å². The van der Waals surface area contributed by atoms with E-state index in [1.54, 1.807) is 0 Å². The topological polar surface area (TPSA) is 80.1 Å².